The number of anilines is 1. The van der Waals surface area contributed by atoms with Gasteiger partial charge in [-0.3, -0.25) is 9.59 Å². The monoisotopic (exact) mass is 435 g/mol. The third-order valence-corrected chi connectivity index (χ3v) is 5.70. The summed E-state index contributed by atoms with van der Waals surface area (Å²) in [5.74, 6) is -1.22. The molecule has 0 atom stereocenters. The Balaban J connectivity index is 1.71. The van der Waals surface area contributed by atoms with Crippen molar-refractivity contribution in [3.05, 3.63) is 83.3 Å². The summed E-state index contributed by atoms with van der Waals surface area (Å²) < 4.78 is 0. The molecule has 1 aromatic heterocycles. The van der Waals surface area contributed by atoms with Crippen LogP contribution in [0.4, 0.5) is 5.13 Å². The smallest absolute Gasteiger partial charge is 0.305 e. The molecule has 160 valence electrons. The molecule has 0 saturated carbocycles. The lowest BCUT2D eigenvalue weighted by Gasteiger charge is -2.20. The Morgan fingerprint density at radius 1 is 1.16 bits per heavy atom. The van der Waals surface area contributed by atoms with E-state index in [4.69, 9.17) is 10.1 Å². The predicted molar refractivity (Wildman–Crippen MR) is 125 cm³/mol. The summed E-state index contributed by atoms with van der Waals surface area (Å²) in [7, 11) is 0. The number of thiazole rings is 1. The summed E-state index contributed by atoms with van der Waals surface area (Å²) in [6.45, 7) is 7.34. The van der Waals surface area contributed by atoms with E-state index < -0.39 is 5.97 Å². The number of hydrogen-bond donors (Lipinski definition) is 2. The van der Waals surface area contributed by atoms with Gasteiger partial charge < -0.3 is 15.3 Å². The summed E-state index contributed by atoms with van der Waals surface area (Å²) in [5.41, 5.74) is 3.63. The summed E-state index contributed by atoms with van der Waals surface area (Å²) in [4.78, 5) is 30.9. The van der Waals surface area contributed by atoms with E-state index >= 15 is 0 Å². The average Bonchev–Trinajstić information content (AvgIpc) is 3.16. The van der Waals surface area contributed by atoms with E-state index in [0.717, 1.165) is 26.8 Å². The first-order valence-electron chi connectivity index (χ1n) is 9.95. The Hall–Kier alpha value is -3.45. The van der Waals surface area contributed by atoms with E-state index in [0.29, 0.717) is 18.7 Å². The second-order valence-electron chi connectivity index (χ2n) is 7.03. The molecule has 1 amide bonds. The molecule has 6 nitrogen and oxygen atoms in total. The van der Waals surface area contributed by atoms with Crippen LogP contribution in [0, 0.1) is 6.92 Å². The largest absolute Gasteiger partial charge is 0.481 e. The van der Waals surface area contributed by atoms with E-state index in [1.807, 2.05) is 36.4 Å². The minimum absolute atomic E-state index is 0.0987. The normalized spacial score (nSPS) is 10.5. The van der Waals surface area contributed by atoms with E-state index in [2.05, 4.69) is 35.9 Å². The highest BCUT2D eigenvalue weighted by atomic mass is 32.1. The van der Waals surface area contributed by atoms with Crippen LogP contribution in [-0.4, -0.2) is 35.1 Å². The van der Waals surface area contributed by atoms with Crippen LogP contribution in [0.25, 0.3) is 11.3 Å². The van der Waals surface area contributed by atoms with Crippen molar-refractivity contribution in [2.45, 2.75) is 19.9 Å². The fourth-order valence-electron chi connectivity index (χ4n) is 3.11. The molecule has 0 spiro atoms. The first-order chi connectivity index (χ1) is 15.0. The first-order valence-corrected chi connectivity index (χ1v) is 10.8. The van der Waals surface area contributed by atoms with Crippen LogP contribution in [-0.2, 0) is 11.3 Å². The van der Waals surface area contributed by atoms with Gasteiger partial charge in [0, 0.05) is 35.6 Å². The Morgan fingerprint density at radius 3 is 2.52 bits per heavy atom. The fraction of sp³-hybridized carbons (Fsp3) is 0.208. The van der Waals surface area contributed by atoms with E-state index in [-0.39, 0.29) is 18.9 Å². The molecule has 0 unspecified atom stereocenters. The van der Waals surface area contributed by atoms with Gasteiger partial charge in [0.1, 0.15) is 0 Å². The molecule has 2 aromatic carbocycles. The number of aryl methyl sites for hydroxylation is 1. The van der Waals surface area contributed by atoms with Gasteiger partial charge in [0.2, 0.25) is 0 Å². The summed E-state index contributed by atoms with van der Waals surface area (Å²) in [6.07, 6.45) is 1.75. The number of aromatic nitrogens is 1. The van der Waals surface area contributed by atoms with Crippen LogP contribution in [0.5, 0.6) is 0 Å². The highest BCUT2D eigenvalue weighted by Gasteiger charge is 2.15. The molecule has 0 radical (unpaired) electrons. The minimum Gasteiger partial charge on any atom is -0.481 e. The maximum Gasteiger partial charge on any atom is 0.305 e. The zero-order valence-corrected chi connectivity index (χ0v) is 18.2. The molecule has 31 heavy (non-hydrogen) atoms. The van der Waals surface area contributed by atoms with Gasteiger partial charge in [-0.25, -0.2) is 4.98 Å². The first kappa shape index (κ1) is 22.2. The molecule has 3 rings (SSSR count). The van der Waals surface area contributed by atoms with Crippen molar-refractivity contribution in [1.29, 1.82) is 0 Å². The maximum atomic E-state index is 12.1. The summed E-state index contributed by atoms with van der Waals surface area (Å²) in [5, 5.41) is 12.2. The summed E-state index contributed by atoms with van der Waals surface area (Å²) in [6, 6.07) is 17.4. The number of nitrogens with one attached hydrogen (secondary N) is 1. The van der Waals surface area contributed by atoms with Crippen molar-refractivity contribution in [1.82, 2.24) is 10.3 Å². The predicted octanol–water partition coefficient (Wildman–Crippen LogP) is 4.52. The number of benzene rings is 2. The number of carboxylic acid groups (broad SMARTS) is 1. The van der Waals surface area contributed by atoms with Gasteiger partial charge in [-0.05, 0) is 24.6 Å². The Morgan fingerprint density at radius 2 is 1.87 bits per heavy atom. The van der Waals surface area contributed by atoms with Crippen LogP contribution in [0.15, 0.2) is 67.3 Å². The maximum absolute atomic E-state index is 12.1. The Labute approximate surface area is 185 Å². The number of rotatable bonds is 10. The SMILES string of the molecule is C=CCN(Cc1ccc(C(=O)NCCC(=O)O)cc1)c1nc(-c2ccccc2)c(C)s1. The lowest BCUT2D eigenvalue weighted by Crippen LogP contribution is -2.26. The zero-order valence-electron chi connectivity index (χ0n) is 17.4. The molecule has 0 bridgehead atoms. The minimum atomic E-state index is -0.939. The summed E-state index contributed by atoms with van der Waals surface area (Å²) >= 11 is 1.65. The van der Waals surface area contributed by atoms with Crippen molar-refractivity contribution in [2.24, 2.45) is 0 Å². The third kappa shape index (κ3) is 6.02. The molecular weight excluding hydrogens is 410 g/mol. The van der Waals surface area contributed by atoms with Crippen molar-refractivity contribution < 1.29 is 14.7 Å². The zero-order chi connectivity index (χ0) is 22.2. The number of hydrogen-bond acceptors (Lipinski definition) is 5. The van der Waals surface area contributed by atoms with Gasteiger partial charge in [0.25, 0.3) is 5.91 Å². The van der Waals surface area contributed by atoms with Crippen molar-refractivity contribution >= 4 is 28.3 Å². The molecule has 7 heteroatoms. The standard InChI is InChI=1S/C24H25N3O3S/c1-3-15-27(24-26-22(17(2)31-24)19-7-5-4-6-8-19)16-18-9-11-20(12-10-18)23(30)25-14-13-21(28)29/h3-12H,1,13-16H2,2H3,(H,25,30)(H,28,29). The third-order valence-electron chi connectivity index (χ3n) is 4.67. The van der Waals surface area contributed by atoms with Crippen LogP contribution in [0.2, 0.25) is 0 Å². The number of carboxylic acids is 1. The van der Waals surface area contributed by atoms with Gasteiger partial charge in [-0.2, -0.15) is 0 Å². The van der Waals surface area contributed by atoms with Gasteiger partial charge in [0.15, 0.2) is 5.13 Å². The number of amides is 1. The molecule has 0 saturated heterocycles. The molecule has 0 fully saturated rings. The van der Waals surface area contributed by atoms with E-state index in [9.17, 15) is 9.59 Å². The lowest BCUT2D eigenvalue weighted by atomic mass is 10.1. The topological polar surface area (TPSA) is 82.5 Å². The van der Waals surface area contributed by atoms with Gasteiger partial charge in [-0.1, -0.05) is 48.5 Å². The molecule has 0 aliphatic rings. The molecule has 1 heterocycles. The van der Waals surface area contributed by atoms with Crippen LogP contribution in [0.1, 0.15) is 27.2 Å². The number of carbonyl (C=O) groups is 2. The second-order valence-corrected chi connectivity index (χ2v) is 8.21. The van der Waals surface area contributed by atoms with E-state index in [1.165, 1.54) is 0 Å². The quantitative estimate of drug-likeness (QED) is 0.458. The molecule has 0 aliphatic carbocycles. The molecule has 3 aromatic rings. The molecular formula is C24H25N3O3S. The van der Waals surface area contributed by atoms with Gasteiger partial charge in [0.05, 0.1) is 12.1 Å². The van der Waals surface area contributed by atoms with Crippen molar-refractivity contribution in [2.75, 3.05) is 18.0 Å². The van der Waals surface area contributed by atoms with Gasteiger partial charge in [-0.15, -0.1) is 17.9 Å². The fourth-order valence-corrected chi connectivity index (χ4v) is 4.05. The number of nitrogens with zero attached hydrogens (tertiary/aromatic N) is 2. The van der Waals surface area contributed by atoms with Crippen LogP contribution < -0.4 is 10.2 Å². The lowest BCUT2D eigenvalue weighted by molar-refractivity contribution is -0.136. The van der Waals surface area contributed by atoms with Crippen LogP contribution in [0.3, 0.4) is 0 Å². The molecule has 0 aliphatic heterocycles. The second kappa shape index (κ2) is 10.5. The number of carbonyl (C=O) groups excluding carboxylic acids is 1. The highest BCUT2D eigenvalue weighted by molar-refractivity contribution is 7.16. The van der Waals surface area contributed by atoms with Crippen molar-refractivity contribution in [3.63, 3.8) is 0 Å². The van der Waals surface area contributed by atoms with Crippen molar-refractivity contribution in [3.8, 4) is 11.3 Å². The van der Waals surface area contributed by atoms with Crippen LogP contribution >= 0.6 is 11.3 Å². The average molecular weight is 436 g/mol. The van der Waals surface area contributed by atoms with E-state index in [1.54, 1.807) is 23.5 Å². The number of aliphatic carboxylic acids is 1. The Kier molecular flexibility index (Phi) is 7.56. The van der Waals surface area contributed by atoms with Gasteiger partial charge >= 0.3 is 5.97 Å². The molecule has 2 N–H and O–H groups in total. The highest BCUT2D eigenvalue weighted by Crippen LogP contribution is 2.33. The Bertz CT molecular complexity index is 1050.